The molecular formula is C27H37FN2O3. The highest BCUT2D eigenvalue weighted by Crippen LogP contribution is 2.24. The van der Waals surface area contributed by atoms with Crippen molar-refractivity contribution in [1.29, 1.82) is 0 Å². The van der Waals surface area contributed by atoms with E-state index < -0.39 is 12.1 Å². The van der Waals surface area contributed by atoms with E-state index in [4.69, 9.17) is 10.5 Å². The Kier molecular flexibility index (Phi) is 9.27. The second kappa shape index (κ2) is 12.1. The molecule has 3 N–H and O–H groups in total. The molecule has 2 unspecified atom stereocenters. The Morgan fingerprint density at radius 3 is 2.73 bits per heavy atom. The average molecular weight is 457 g/mol. The molecule has 2 aromatic rings. The van der Waals surface area contributed by atoms with Gasteiger partial charge in [0.15, 0.2) is 0 Å². The summed E-state index contributed by atoms with van der Waals surface area (Å²) in [6.45, 7) is 4.76. The molecule has 1 aliphatic heterocycles. The van der Waals surface area contributed by atoms with Crippen molar-refractivity contribution in [2.45, 2.75) is 83.6 Å². The molecule has 180 valence electrons. The lowest BCUT2D eigenvalue weighted by atomic mass is 10.0. The maximum atomic E-state index is 14.2. The molecule has 2 bridgehead atoms. The number of hydrogen-bond acceptors (Lipinski definition) is 4. The van der Waals surface area contributed by atoms with Crippen molar-refractivity contribution in [2.75, 3.05) is 6.54 Å². The van der Waals surface area contributed by atoms with Crippen LogP contribution in [0.2, 0.25) is 0 Å². The van der Waals surface area contributed by atoms with Crippen LogP contribution in [-0.4, -0.2) is 40.7 Å². The van der Waals surface area contributed by atoms with Crippen molar-refractivity contribution in [3.8, 4) is 5.75 Å². The Labute approximate surface area is 196 Å². The first-order valence-corrected chi connectivity index (χ1v) is 12.1. The summed E-state index contributed by atoms with van der Waals surface area (Å²) in [5.41, 5.74) is 9.19. The molecule has 0 radical (unpaired) electrons. The van der Waals surface area contributed by atoms with Gasteiger partial charge in [-0.15, -0.1) is 0 Å². The van der Waals surface area contributed by atoms with Crippen molar-refractivity contribution in [1.82, 2.24) is 4.90 Å². The first-order valence-electron chi connectivity index (χ1n) is 12.1. The van der Waals surface area contributed by atoms with Gasteiger partial charge in [0.1, 0.15) is 11.6 Å². The van der Waals surface area contributed by atoms with Gasteiger partial charge in [-0.1, -0.05) is 51.0 Å². The molecule has 3 rings (SSSR count). The zero-order valence-electron chi connectivity index (χ0n) is 19.8. The number of nitrogens with two attached hydrogens (primary N) is 1. The smallest absolute Gasteiger partial charge is 0.223 e. The molecule has 0 aliphatic carbocycles. The summed E-state index contributed by atoms with van der Waals surface area (Å²) < 4.78 is 20.4. The largest absolute Gasteiger partial charge is 0.490 e. The van der Waals surface area contributed by atoms with E-state index in [9.17, 15) is 14.3 Å². The van der Waals surface area contributed by atoms with Crippen LogP contribution < -0.4 is 10.5 Å². The van der Waals surface area contributed by atoms with E-state index in [1.54, 1.807) is 11.0 Å². The number of rotatable bonds is 6. The van der Waals surface area contributed by atoms with Gasteiger partial charge in [0.05, 0.1) is 12.2 Å². The molecule has 3 atom stereocenters. The van der Waals surface area contributed by atoms with Gasteiger partial charge in [-0.25, -0.2) is 4.39 Å². The number of β-amino-alcohol motifs (C(OH)–C–C–N with tert-alkyl or cyclic N) is 1. The molecule has 1 amide bonds. The van der Waals surface area contributed by atoms with Gasteiger partial charge < -0.3 is 20.5 Å². The molecule has 2 aromatic carbocycles. The third-order valence-electron chi connectivity index (χ3n) is 6.29. The fraction of sp³-hybridized carbons (Fsp3) is 0.519. The summed E-state index contributed by atoms with van der Waals surface area (Å²) >= 11 is 0. The summed E-state index contributed by atoms with van der Waals surface area (Å²) in [5.74, 6) is 0.0277. The van der Waals surface area contributed by atoms with Gasteiger partial charge in [-0.05, 0) is 54.5 Å². The minimum atomic E-state index is -0.924. The minimum Gasteiger partial charge on any atom is -0.490 e. The maximum Gasteiger partial charge on any atom is 0.223 e. The number of nitrogens with zero attached hydrogens (tertiary/aromatic N) is 1. The number of carbonyl (C=O) groups excluding carboxylic acids is 1. The van der Waals surface area contributed by atoms with E-state index in [2.05, 4.69) is 26.0 Å². The fourth-order valence-corrected chi connectivity index (χ4v) is 4.33. The third-order valence-corrected chi connectivity index (χ3v) is 6.29. The lowest BCUT2D eigenvalue weighted by Crippen LogP contribution is -2.46. The molecule has 0 fully saturated rings. The molecule has 0 saturated heterocycles. The van der Waals surface area contributed by atoms with Crippen LogP contribution in [0.5, 0.6) is 5.75 Å². The van der Waals surface area contributed by atoms with E-state index in [0.29, 0.717) is 37.1 Å². The van der Waals surface area contributed by atoms with Gasteiger partial charge in [0.25, 0.3) is 0 Å². The fourth-order valence-electron chi connectivity index (χ4n) is 4.33. The zero-order valence-corrected chi connectivity index (χ0v) is 19.8. The lowest BCUT2D eigenvalue weighted by molar-refractivity contribution is -0.134. The highest BCUT2D eigenvalue weighted by Gasteiger charge is 2.25. The van der Waals surface area contributed by atoms with Crippen LogP contribution in [0.25, 0.3) is 0 Å². The Balaban J connectivity index is 1.86. The molecule has 0 spiro atoms. The van der Waals surface area contributed by atoms with Crippen LogP contribution in [0.4, 0.5) is 4.39 Å². The first-order chi connectivity index (χ1) is 15.9. The molecule has 6 heteroatoms. The quantitative estimate of drug-likeness (QED) is 0.676. The van der Waals surface area contributed by atoms with Crippen LogP contribution in [-0.2, 0) is 24.2 Å². The van der Waals surface area contributed by atoms with E-state index in [1.165, 1.54) is 17.7 Å². The van der Waals surface area contributed by atoms with Crippen LogP contribution >= 0.6 is 0 Å². The number of aryl methyl sites for hydroxylation is 1. The van der Waals surface area contributed by atoms with Crippen molar-refractivity contribution < 1.29 is 19.0 Å². The van der Waals surface area contributed by atoms with Gasteiger partial charge in [0.2, 0.25) is 5.91 Å². The summed E-state index contributed by atoms with van der Waals surface area (Å²) in [7, 11) is 0. The van der Waals surface area contributed by atoms with Crippen molar-refractivity contribution >= 4 is 5.91 Å². The number of fused-ring (bicyclic) bond motifs is 2. The van der Waals surface area contributed by atoms with Crippen molar-refractivity contribution in [3.63, 3.8) is 0 Å². The maximum absolute atomic E-state index is 14.2. The standard InChI is InChI=1S/C27H37FN2O3/c1-3-5-9-23-10-11-27(32)30(17-20-8-6-7-19(4-2)12-20)18-26(31)25(29)15-21-13-22(28)16-24(14-21)33-23/h6-8,12-14,16,23,25-26,31H,3-5,9-11,15,17-18,29H2,1-2H3/t23?,25-,26?/m0/s1. The van der Waals surface area contributed by atoms with Crippen LogP contribution in [0.1, 0.15) is 62.6 Å². The van der Waals surface area contributed by atoms with Crippen LogP contribution in [0.15, 0.2) is 42.5 Å². The highest BCUT2D eigenvalue weighted by atomic mass is 19.1. The number of aliphatic hydroxyl groups is 1. The Morgan fingerprint density at radius 1 is 1.18 bits per heavy atom. The van der Waals surface area contributed by atoms with E-state index in [0.717, 1.165) is 31.2 Å². The van der Waals surface area contributed by atoms with Gasteiger partial charge in [-0.2, -0.15) is 0 Å². The van der Waals surface area contributed by atoms with Gasteiger partial charge >= 0.3 is 0 Å². The molecule has 0 aromatic heterocycles. The third kappa shape index (κ3) is 7.54. The molecule has 33 heavy (non-hydrogen) atoms. The van der Waals surface area contributed by atoms with Crippen LogP contribution in [0, 0.1) is 5.82 Å². The Bertz CT molecular complexity index is 920. The number of unbranched alkanes of at least 4 members (excludes halogenated alkanes) is 1. The van der Waals surface area contributed by atoms with Gasteiger partial charge in [0, 0.05) is 31.6 Å². The Morgan fingerprint density at radius 2 is 1.97 bits per heavy atom. The van der Waals surface area contributed by atoms with E-state index in [-0.39, 0.29) is 24.4 Å². The first kappa shape index (κ1) is 25.2. The van der Waals surface area contributed by atoms with Crippen molar-refractivity contribution in [3.05, 3.63) is 65.0 Å². The SMILES string of the molecule is CCCCC1CCC(=O)N(Cc2cccc(CC)c2)CC(O)[C@@H](N)Cc2cc(F)cc(c2)O1. The topological polar surface area (TPSA) is 75.8 Å². The summed E-state index contributed by atoms with van der Waals surface area (Å²) in [6, 6.07) is 12.1. The molecule has 0 saturated carbocycles. The number of hydrogen-bond donors (Lipinski definition) is 2. The van der Waals surface area contributed by atoms with Crippen LogP contribution in [0.3, 0.4) is 0 Å². The zero-order chi connectivity index (χ0) is 23.8. The molecule has 1 heterocycles. The van der Waals surface area contributed by atoms with E-state index in [1.807, 2.05) is 12.1 Å². The summed E-state index contributed by atoms with van der Waals surface area (Å²) in [5, 5.41) is 10.8. The molecule has 1 aliphatic rings. The normalized spacial score (nSPS) is 22.2. The predicted octanol–water partition coefficient (Wildman–Crippen LogP) is 4.38. The van der Waals surface area contributed by atoms with E-state index >= 15 is 0 Å². The highest BCUT2D eigenvalue weighted by molar-refractivity contribution is 5.76. The number of aliphatic hydroxyl groups excluding tert-OH is 1. The number of ether oxygens (including phenoxy) is 1. The molecule has 5 nitrogen and oxygen atoms in total. The minimum absolute atomic E-state index is 0.0367. The Hall–Kier alpha value is -2.44. The summed E-state index contributed by atoms with van der Waals surface area (Å²) in [6.07, 6.45) is 3.74. The lowest BCUT2D eigenvalue weighted by Gasteiger charge is -2.29. The van der Waals surface area contributed by atoms with Gasteiger partial charge in [-0.3, -0.25) is 4.79 Å². The number of benzene rings is 2. The second-order valence-electron chi connectivity index (χ2n) is 9.10. The number of amides is 1. The number of carbonyl (C=O) groups is 1. The monoisotopic (exact) mass is 456 g/mol. The van der Waals surface area contributed by atoms with Crippen molar-refractivity contribution in [2.24, 2.45) is 5.73 Å². The number of halogens is 1. The second-order valence-corrected chi connectivity index (χ2v) is 9.10. The summed E-state index contributed by atoms with van der Waals surface area (Å²) in [4.78, 5) is 14.9. The average Bonchev–Trinajstić information content (AvgIpc) is 2.79. The molecular weight excluding hydrogens is 419 g/mol. The predicted molar refractivity (Wildman–Crippen MR) is 128 cm³/mol.